The third-order valence-electron chi connectivity index (χ3n) is 3.66. The summed E-state index contributed by atoms with van der Waals surface area (Å²) in [4.78, 5) is 12.2. The van der Waals surface area contributed by atoms with Crippen LogP contribution in [0.3, 0.4) is 0 Å². The van der Waals surface area contributed by atoms with E-state index in [-0.39, 0.29) is 11.6 Å². The van der Waals surface area contributed by atoms with Gasteiger partial charge in [0.05, 0.1) is 13.2 Å². The topological polar surface area (TPSA) is 73.6 Å². The molecule has 2 rings (SSSR count). The van der Waals surface area contributed by atoms with Crippen LogP contribution in [-0.2, 0) is 4.74 Å². The second-order valence-electron chi connectivity index (χ2n) is 6.28. The Labute approximate surface area is 129 Å². The molecule has 0 saturated heterocycles. The van der Waals surface area contributed by atoms with Gasteiger partial charge in [-0.25, -0.2) is 4.79 Å². The molecule has 0 aliphatic heterocycles. The number of nitrogens with one attached hydrogen (secondary N) is 1. The molecule has 6 heteroatoms. The van der Waals surface area contributed by atoms with Crippen LogP contribution >= 0.6 is 11.3 Å². The van der Waals surface area contributed by atoms with Crippen molar-refractivity contribution in [1.29, 1.82) is 0 Å². The smallest absolute Gasteiger partial charge is 0.350 e. The Morgan fingerprint density at radius 2 is 2.05 bits per heavy atom. The van der Waals surface area contributed by atoms with E-state index in [0.717, 1.165) is 5.00 Å². The molecule has 1 saturated carbocycles. The minimum atomic E-state index is -0.427. The van der Waals surface area contributed by atoms with E-state index in [1.54, 1.807) is 0 Å². The number of ether oxygens (including phenoxy) is 2. The van der Waals surface area contributed by atoms with Gasteiger partial charge in [-0.3, -0.25) is 0 Å². The number of thiophene rings is 1. The molecule has 21 heavy (non-hydrogen) atoms. The first-order valence-corrected chi connectivity index (χ1v) is 8.03. The van der Waals surface area contributed by atoms with Crippen molar-refractivity contribution in [2.75, 3.05) is 18.2 Å². The molecule has 1 aromatic rings. The number of rotatable bonds is 6. The van der Waals surface area contributed by atoms with Crippen molar-refractivity contribution in [3.63, 3.8) is 0 Å². The van der Waals surface area contributed by atoms with Crippen LogP contribution in [0.15, 0.2) is 0 Å². The Morgan fingerprint density at radius 1 is 1.43 bits per heavy atom. The minimum Gasteiger partial charge on any atom is -0.486 e. The highest BCUT2D eigenvalue weighted by Gasteiger charge is 2.39. The van der Waals surface area contributed by atoms with E-state index in [1.807, 2.05) is 13.8 Å². The average molecular weight is 312 g/mol. The van der Waals surface area contributed by atoms with E-state index >= 15 is 0 Å². The van der Waals surface area contributed by atoms with Crippen molar-refractivity contribution in [3.05, 3.63) is 4.88 Å². The van der Waals surface area contributed by atoms with Crippen LogP contribution < -0.4 is 15.8 Å². The quantitative estimate of drug-likeness (QED) is 0.786. The van der Waals surface area contributed by atoms with Gasteiger partial charge in [0.25, 0.3) is 0 Å². The van der Waals surface area contributed by atoms with E-state index in [2.05, 4.69) is 19.2 Å². The number of carbonyl (C=O) groups excluding carboxylic acids is 1. The molecule has 5 nitrogen and oxygen atoms in total. The molecule has 1 heterocycles. The van der Waals surface area contributed by atoms with Crippen LogP contribution in [0.1, 0.15) is 50.2 Å². The standard InChI is InChI=1S/C15H24N2O3S/c1-8(2)20-11-10(16)12(14(18)19-5)21-13(11)17-15(3,4)9-6-7-9/h8-9,17H,6-7,16H2,1-5H3. The van der Waals surface area contributed by atoms with Crippen LogP contribution in [0.2, 0.25) is 0 Å². The molecule has 0 spiro atoms. The van der Waals surface area contributed by atoms with Crippen LogP contribution in [-0.4, -0.2) is 24.7 Å². The minimum absolute atomic E-state index is 0.0167. The molecule has 0 amide bonds. The molecule has 0 atom stereocenters. The first kappa shape index (κ1) is 15.9. The highest BCUT2D eigenvalue weighted by atomic mass is 32.1. The Hall–Kier alpha value is -1.43. The second kappa shape index (κ2) is 5.75. The zero-order valence-electron chi connectivity index (χ0n) is 13.3. The van der Waals surface area contributed by atoms with E-state index in [4.69, 9.17) is 15.2 Å². The van der Waals surface area contributed by atoms with Gasteiger partial charge in [0.2, 0.25) is 0 Å². The molecular formula is C15H24N2O3S. The van der Waals surface area contributed by atoms with Gasteiger partial charge in [-0.2, -0.15) is 0 Å². The van der Waals surface area contributed by atoms with Crippen molar-refractivity contribution in [3.8, 4) is 5.75 Å². The van der Waals surface area contributed by atoms with E-state index in [0.29, 0.717) is 22.2 Å². The fraction of sp³-hybridized carbons (Fsp3) is 0.667. The zero-order chi connectivity index (χ0) is 15.8. The number of methoxy groups -OCH3 is 1. The first-order valence-electron chi connectivity index (χ1n) is 7.21. The Balaban J connectivity index is 2.35. The summed E-state index contributed by atoms with van der Waals surface area (Å²) in [5, 5.41) is 4.30. The van der Waals surface area contributed by atoms with Crippen molar-refractivity contribution in [2.24, 2.45) is 5.92 Å². The SMILES string of the molecule is COC(=O)c1sc(NC(C)(C)C2CC2)c(OC(C)C)c1N. The summed E-state index contributed by atoms with van der Waals surface area (Å²) < 4.78 is 10.6. The highest BCUT2D eigenvalue weighted by Crippen LogP contribution is 2.48. The Morgan fingerprint density at radius 3 is 2.52 bits per heavy atom. The van der Waals surface area contributed by atoms with Crippen molar-refractivity contribution in [2.45, 2.75) is 52.2 Å². The number of nitrogen functional groups attached to an aromatic ring is 1. The van der Waals surface area contributed by atoms with E-state index < -0.39 is 5.97 Å². The molecule has 1 aliphatic carbocycles. The van der Waals surface area contributed by atoms with Crippen molar-refractivity contribution < 1.29 is 14.3 Å². The molecule has 0 radical (unpaired) electrons. The summed E-state index contributed by atoms with van der Waals surface area (Å²) in [7, 11) is 1.35. The van der Waals surface area contributed by atoms with Crippen LogP contribution in [0.5, 0.6) is 5.75 Å². The fourth-order valence-electron chi connectivity index (χ4n) is 2.31. The molecule has 1 fully saturated rings. The Kier molecular flexibility index (Phi) is 4.37. The zero-order valence-corrected chi connectivity index (χ0v) is 14.1. The third-order valence-corrected chi connectivity index (χ3v) is 4.74. The molecule has 0 aromatic carbocycles. The molecule has 3 N–H and O–H groups in total. The van der Waals surface area contributed by atoms with Gasteiger partial charge in [0, 0.05) is 5.54 Å². The predicted molar refractivity (Wildman–Crippen MR) is 86.3 cm³/mol. The van der Waals surface area contributed by atoms with E-state index in [9.17, 15) is 4.79 Å². The molecule has 0 unspecified atom stereocenters. The monoisotopic (exact) mass is 312 g/mol. The summed E-state index contributed by atoms with van der Waals surface area (Å²) in [6.07, 6.45) is 2.44. The van der Waals surface area contributed by atoms with Crippen molar-refractivity contribution >= 4 is 28.0 Å². The normalized spacial score (nSPS) is 15.1. The summed E-state index contributed by atoms with van der Waals surface area (Å²) in [6.45, 7) is 8.20. The van der Waals surface area contributed by atoms with Gasteiger partial charge in [0.1, 0.15) is 15.6 Å². The predicted octanol–water partition coefficient (Wildman–Crippen LogP) is 3.50. The van der Waals surface area contributed by atoms with Gasteiger partial charge in [-0.15, -0.1) is 11.3 Å². The second-order valence-corrected chi connectivity index (χ2v) is 7.30. The largest absolute Gasteiger partial charge is 0.486 e. The lowest BCUT2D eigenvalue weighted by Crippen LogP contribution is -2.33. The maximum Gasteiger partial charge on any atom is 0.350 e. The van der Waals surface area contributed by atoms with Crippen LogP contribution in [0, 0.1) is 5.92 Å². The Bertz CT molecular complexity index is 533. The molecule has 118 valence electrons. The number of carbonyl (C=O) groups is 1. The van der Waals surface area contributed by atoms with Crippen molar-refractivity contribution in [1.82, 2.24) is 0 Å². The summed E-state index contributed by atoms with van der Waals surface area (Å²) in [5.74, 6) is 0.779. The van der Waals surface area contributed by atoms with Crippen LogP contribution in [0.25, 0.3) is 0 Å². The molecular weight excluding hydrogens is 288 g/mol. The fourth-order valence-corrected chi connectivity index (χ4v) is 3.45. The first-order chi connectivity index (χ1) is 9.76. The maximum absolute atomic E-state index is 11.8. The highest BCUT2D eigenvalue weighted by molar-refractivity contribution is 7.19. The lowest BCUT2D eigenvalue weighted by molar-refractivity contribution is 0.0607. The summed E-state index contributed by atoms with van der Waals surface area (Å²) in [5.41, 5.74) is 6.40. The van der Waals surface area contributed by atoms with Crippen LogP contribution in [0.4, 0.5) is 10.7 Å². The number of hydrogen-bond donors (Lipinski definition) is 2. The molecule has 1 aromatic heterocycles. The van der Waals surface area contributed by atoms with Gasteiger partial charge in [0.15, 0.2) is 5.75 Å². The summed E-state index contributed by atoms with van der Waals surface area (Å²) >= 11 is 1.30. The van der Waals surface area contributed by atoms with Gasteiger partial charge < -0.3 is 20.5 Å². The molecule has 1 aliphatic rings. The lowest BCUT2D eigenvalue weighted by atomic mass is 9.99. The molecule has 0 bridgehead atoms. The average Bonchev–Trinajstić information content (AvgIpc) is 3.20. The lowest BCUT2D eigenvalue weighted by Gasteiger charge is -2.27. The summed E-state index contributed by atoms with van der Waals surface area (Å²) in [6, 6.07) is 0. The van der Waals surface area contributed by atoms with Gasteiger partial charge in [-0.1, -0.05) is 0 Å². The number of hydrogen-bond acceptors (Lipinski definition) is 6. The number of nitrogens with two attached hydrogens (primary N) is 1. The number of anilines is 2. The van der Waals surface area contributed by atoms with E-state index in [1.165, 1.54) is 31.3 Å². The maximum atomic E-state index is 11.8. The third kappa shape index (κ3) is 3.43. The van der Waals surface area contributed by atoms with Gasteiger partial charge in [-0.05, 0) is 46.5 Å². The number of esters is 1. The van der Waals surface area contributed by atoms with Gasteiger partial charge >= 0.3 is 5.97 Å².